The molecule has 0 radical (unpaired) electrons. The Labute approximate surface area is 134 Å². The van der Waals surface area contributed by atoms with Crippen molar-refractivity contribution in [3.63, 3.8) is 0 Å². The Morgan fingerprint density at radius 1 is 1.23 bits per heavy atom. The summed E-state index contributed by atoms with van der Waals surface area (Å²) in [7, 11) is 1.64. The second-order valence-corrected chi connectivity index (χ2v) is 6.57. The predicted octanol–water partition coefficient (Wildman–Crippen LogP) is 0.846. The smallest absolute Gasteiger partial charge is 0.243 e. The topological polar surface area (TPSA) is 75.9 Å². The van der Waals surface area contributed by atoms with Crippen LogP contribution in [0.5, 0.6) is 0 Å². The Morgan fingerprint density at radius 2 is 1.77 bits per heavy atom. The SMILES string of the molecule is CCOC1CC(N)(C(=O)N(C)CC(=O)N(CC)CC)C1(C)C. The minimum atomic E-state index is -0.967. The lowest BCUT2D eigenvalue weighted by Gasteiger charge is -2.58. The average molecular weight is 313 g/mol. The molecule has 2 amide bonds. The van der Waals surface area contributed by atoms with Gasteiger partial charge in [-0.25, -0.2) is 0 Å². The molecule has 0 heterocycles. The van der Waals surface area contributed by atoms with Crippen LogP contribution in [0.1, 0.15) is 41.0 Å². The van der Waals surface area contributed by atoms with Gasteiger partial charge in [-0.2, -0.15) is 0 Å². The van der Waals surface area contributed by atoms with Gasteiger partial charge in [0.1, 0.15) is 5.54 Å². The summed E-state index contributed by atoms with van der Waals surface area (Å²) in [6, 6.07) is 0. The molecule has 1 rings (SSSR count). The van der Waals surface area contributed by atoms with E-state index in [1.165, 1.54) is 4.90 Å². The van der Waals surface area contributed by atoms with Gasteiger partial charge in [-0.05, 0) is 20.8 Å². The Kier molecular flexibility index (Phi) is 5.98. The van der Waals surface area contributed by atoms with Crippen LogP contribution in [0.4, 0.5) is 0 Å². The van der Waals surface area contributed by atoms with Crippen LogP contribution >= 0.6 is 0 Å². The number of nitrogens with two attached hydrogens (primary N) is 1. The summed E-state index contributed by atoms with van der Waals surface area (Å²) in [5.74, 6) is -0.239. The summed E-state index contributed by atoms with van der Waals surface area (Å²) in [5, 5.41) is 0. The molecule has 0 spiro atoms. The molecule has 0 aromatic rings. The molecule has 128 valence electrons. The van der Waals surface area contributed by atoms with Crippen molar-refractivity contribution in [2.24, 2.45) is 11.1 Å². The molecular formula is C16H31N3O3. The van der Waals surface area contributed by atoms with Crippen LogP contribution in [0.2, 0.25) is 0 Å². The second kappa shape index (κ2) is 6.96. The standard InChI is InChI=1S/C16H31N3O3/c1-7-19(8-2)13(20)11-18(6)14(21)16(17)10-12(22-9-3)15(16,4)5/h12H,7-11,17H2,1-6H3. The van der Waals surface area contributed by atoms with E-state index in [9.17, 15) is 9.59 Å². The molecule has 0 aliphatic heterocycles. The molecule has 0 aromatic heterocycles. The Morgan fingerprint density at radius 3 is 2.18 bits per heavy atom. The third kappa shape index (κ3) is 3.13. The fraction of sp³-hybridized carbons (Fsp3) is 0.875. The number of hydrogen-bond acceptors (Lipinski definition) is 4. The maximum absolute atomic E-state index is 12.7. The van der Waals surface area contributed by atoms with E-state index >= 15 is 0 Å². The fourth-order valence-electron chi connectivity index (χ4n) is 3.09. The van der Waals surface area contributed by atoms with Crippen LogP contribution in [0.15, 0.2) is 0 Å². The zero-order valence-corrected chi connectivity index (χ0v) is 14.8. The van der Waals surface area contributed by atoms with Gasteiger partial charge in [0.05, 0.1) is 12.6 Å². The van der Waals surface area contributed by atoms with Gasteiger partial charge in [-0.1, -0.05) is 13.8 Å². The molecule has 1 fully saturated rings. The van der Waals surface area contributed by atoms with Gasteiger partial charge in [-0.3, -0.25) is 9.59 Å². The first-order valence-electron chi connectivity index (χ1n) is 8.09. The first-order valence-corrected chi connectivity index (χ1v) is 8.09. The zero-order chi connectivity index (χ0) is 17.1. The number of rotatable bonds is 7. The molecule has 1 aliphatic rings. The number of likely N-dealkylation sites (N-methyl/N-ethyl adjacent to an activating group) is 2. The van der Waals surface area contributed by atoms with E-state index < -0.39 is 11.0 Å². The summed E-state index contributed by atoms with van der Waals surface area (Å²) < 4.78 is 5.65. The van der Waals surface area contributed by atoms with E-state index in [0.29, 0.717) is 26.1 Å². The number of carbonyl (C=O) groups excluding carboxylic acids is 2. The van der Waals surface area contributed by atoms with Crippen molar-refractivity contribution in [1.29, 1.82) is 0 Å². The van der Waals surface area contributed by atoms with E-state index in [1.54, 1.807) is 11.9 Å². The van der Waals surface area contributed by atoms with E-state index in [1.807, 2.05) is 34.6 Å². The molecule has 6 nitrogen and oxygen atoms in total. The van der Waals surface area contributed by atoms with Gasteiger partial charge in [0.2, 0.25) is 11.8 Å². The van der Waals surface area contributed by atoms with Gasteiger partial charge < -0.3 is 20.3 Å². The minimum absolute atomic E-state index is 0.0154. The molecule has 0 bridgehead atoms. The van der Waals surface area contributed by atoms with Gasteiger partial charge >= 0.3 is 0 Å². The summed E-state index contributed by atoms with van der Waals surface area (Å²) in [4.78, 5) is 28.0. The fourth-order valence-corrected chi connectivity index (χ4v) is 3.09. The maximum atomic E-state index is 12.7. The molecule has 1 aliphatic carbocycles. The summed E-state index contributed by atoms with van der Waals surface area (Å²) in [6.07, 6.45) is 0.481. The van der Waals surface area contributed by atoms with Gasteiger partial charge in [-0.15, -0.1) is 0 Å². The third-order valence-corrected chi connectivity index (χ3v) is 5.05. The van der Waals surface area contributed by atoms with E-state index in [-0.39, 0.29) is 24.5 Å². The predicted molar refractivity (Wildman–Crippen MR) is 86.3 cm³/mol. The molecule has 22 heavy (non-hydrogen) atoms. The highest BCUT2D eigenvalue weighted by Gasteiger charge is 2.63. The highest BCUT2D eigenvalue weighted by atomic mass is 16.5. The van der Waals surface area contributed by atoms with Crippen LogP contribution in [0.3, 0.4) is 0 Å². The van der Waals surface area contributed by atoms with Crippen LogP contribution in [0.25, 0.3) is 0 Å². The van der Waals surface area contributed by atoms with Crippen LogP contribution in [-0.2, 0) is 14.3 Å². The maximum Gasteiger partial charge on any atom is 0.243 e. The summed E-state index contributed by atoms with van der Waals surface area (Å²) in [6.45, 7) is 11.6. The van der Waals surface area contributed by atoms with Crippen molar-refractivity contribution in [2.75, 3.05) is 33.3 Å². The highest BCUT2D eigenvalue weighted by molar-refractivity contribution is 5.92. The number of amides is 2. The van der Waals surface area contributed by atoms with Crippen molar-refractivity contribution in [3.8, 4) is 0 Å². The third-order valence-electron chi connectivity index (χ3n) is 5.05. The lowest BCUT2D eigenvalue weighted by atomic mass is 9.54. The second-order valence-electron chi connectivity index (χ2n) is 6.57. The Bertz CT molecular complexity index is 421. The quantitative estimate of drug-likeness (QED) is 0.756. The Hall–Kier alpha value is -1.14. The Balaban J connectivity index is 2.73. The monoisotopic (exact) mass is 313 g/mol. The molecule has 1 saturated carbocycles. The lowest BCUT2D eigenvalue weighted by molar-refractivity contribution is -0.179. The molecule has 6 heteroatoms. The van der Waals surface area contributed by atoms with Gasteiger partial charge in [0.25, 0.3) is 0 Å². The van der Waals surface area contributed by atoms with Crippen LogP contribution < -0.4 is 5.73 Å². The summed E-state index contributed by atoms with van der Waals surface area (Å²) in [5.41, 5.74) is 4.96. The van der Waals surface area contributed by atoms with E-state index in [0.717, 1.165) is 0 Å². The van der Waals surface area contributed by atoms with Crippen molar-refractivity contribution >= 4 is 11.8 Å². The molecule has 2 N–H and O–H groups in total. The number of hydrogen-bond donors (Lipinski definition) is 1. The molecule has 0 aromatic carbocycles. The van der Waals surface area contributed by atoms with E-state index in [2.05, 4.69) is 0 Å². The first-order chi connectivity index (χ1) is 10.2. The van der Waals surface area contributed by atoms with Crippen molar-refractivity contribution in [2.45, 2.75) is 52.7 Å². The molecule has 0 saturated heterocycles. The number of ether oxygens (including phenoxy) is 1. The van der Waals surface area contributed by atoms with Crippen molar-refractivity contribution in [1.82, 2.24) is 9.80 Å². The lowest BCUT2D eigenvalue weighted by Crippen LogP contribution is -2.76. The van der Waals surface area contributed by atoms with Crippen molar-refractivity contribution < 1.29 is 14.3 Å². The van der Waals surface area contributed by atoms with Crippen LogP contribution in [0, 0.1) is 5.41 Å². The molecule has 2 atom stereocenters. The van der Waals surface area contributed by atoms with Crippen molar-refractivity contribution in [3.05, 3.63) is 0 Å². The molecule has 2 unspecified atom stereocenters. The average Bonchev–Trinajstić information content (AvgIpc) is 2.47. The van der Waals surface area contributed by atoms with Gasteiger partial charge in [0.15, 0.2) is 0 Å². The normalized spacial score (nSPS) is 26.2. The highest BCUT2D eigenvalue weighted by Crippen LogP contribution is 2.50. The summed E-state index contributed by atoms with van der Waals surface area (Å²) >= 11 is 0. The minimum Gasteiger partial charge on any atom is -0.378 e. The number of carbonyl (C=O) groups is 2. The molecular weight excluding hydrogens is 282 g/mol. The first kappa shape index (κ1) is 18.9. The van der Waals surface area contributed by atoms with E-state index in [4.69, 9.17) is 10.5 Å². The zero-order valence-electron chi connectivity index (χ0n) is 14.8. The largest absolute Gasteiger partial charge is 0.378 e. The van der Waals surface area contributed by atoms with Crippen LogP contribution in [-0.4, -0.2) is 66.5 Å². The number of nitrogens with zero attached hydrogens (tertiary/aromatic N) is 2. The van der Waals surface area contributed by atoms with Gasteiger partial charge in [0, 0.05) is 38.6 Å².